The molecule has 0 aliphatic heterocycles. The third-order valence-corrected chi connectivity index (χ3v) is 3.66. The number of aromatic nitrogens is 4. The standard InChI is InChI=1S/C9H8F3N5O4S/c1-21-8(18)6-2-7(15-14-6)16-22(19,20)5-3-13-17(4-5)9(10,11)12/h2-4H,1H3,(H2,14,15,16). The number of ether oxygens (including phenoxy) is 1. The molecule has 0 aliphatic carbocycles. The number of nitrogens with zero attached hydrogens (tertiary/aromatic N) is 3. The van der Waals surface area contributed by atoms with E-state index < -0.39 is 31.9 Å². The fourth-order valence-electron chi connectivity index (χ4n) is 1.37. The van der Waals surface area contributed by atoms with Crippen LogP contribution in [0.1, 0.15) is 10.5 Å². The van der Waals surface area contributed by atoms with Crippen molar-refractivity contribution in [2.45, 2.75) is 11.2 Å². The van der Waals surface area contributed by atoms with E-state index in [-0.39, 0.29) is 11.5 Å². The van der Waals surface area contributed by atoms with Crippen LogP contribution in [0.15, 0.2) is 23.4 Å². The maximum atomic E-state index is 12.4. The third-order valence-electron chi connectivity index (χ3n) is 2.35. The maximum absolute atomic E-state index is 12.4. The number of sulfonamides is 1. The van der Waals surface area contributed by atoms with Crippen LogP contribution in [0.25, 0.3) is 0 Å². The van der Waals surface area contributed by atoms with Gasteiger partial charge in [0, 0.05) is 6.07 Å². The summed E-state index contributed by atoms with van der Waals surface area (Å²) < 4.78 is 66.7. The Morgan fingerprint density at radius 3 is 2.68 bits per heavy atom. The van der Waals surface area contributed by atoms with Crippen LogP contribution in [0.2, 0.25) is 0 Å². The highest BCUT2D eigenvalue weighted by Gasteiger charge is 2.33. The van der Waals surface area contributed by atoms with Crippen molar-refractivity contribution in [3.63, 3.8) is 0 Å². The Labute approximate surface area is 121 Å². The number of aromatic amines is 1. The van der Waals surface area contributed by atoms with Gasteiger partial charge in [-0.25, -0.2) is 13.2 Å². The number of halogens is 3. The van der Waals surface area contributed by atoms with Gasteiger partial charge in [0.2, 0.25) is 0 Å². The van der Waals surface area contributed by atoms with Crippen molar-refractivity contribution < 1.29 is 31.1 Å². The molecule has 2 aromatic heterocycles. The predicted molar refractivity (Wildman–Crippen MR) is 64.3 cm³/mol. The first-order chi connectivity index (χ1) is 10.1. The van der Waals surface area contributed by atoms with Crippen molar-refractivity contribution in [2.75, 3.05) is 11.8 Å². The molecule has 0 amide bonds. The van der Waals surface area contributed by atoms with Gasteiger partial charge in [0.1, 0.15) is 10.6 Å². The highest BCUT2D eigenvalue weighted by Crippen LogP contribution is 2.23. The monoisotopic (exact) mass is 339 g/mol. The Hall–Kier alpha value is -2.57. The Kier molecular flexibility index (Phi) is 3.83. The van der Waals surface area contributed by atoms with Crippen LogP contribution in [-0.4, -0.2) is 41.5 Å². The molecule has 9 nitrogen and oxygen atoms in total. The molecule has 0 saturated carbocycles. The molecule has 22 heavy (non-hydrogen) atoms. The normalized spacial score (nSPS) is 12.2. The first-order valence-electron chi connectivity index (χ1n) is 5.42. The number of methoxy groups -OCH3 is 1. The van der Waals surface area contributed by atoms with Crippen LogP contribution in [0.3, 0.4) is 0 Å². The molecule has 2 aromatic rings. The van der Waals surface area contributed by atoms with Gasteiger partial charge in [-0.3, -0.25) is 9.82 Å². The van der Waals surface area contributed by atoms with Gasteiger partial charge < -0.3 is 4.74 Å². The second-order valence-corrected chi connectivity index (χ2v) is 5.53. The summed E-state index contributed by atoms with van der Waals surface area (Å²) in [5.41, 5.74) is -0.133. The van der Waals surface area contributed by atoms with Gasteiger partial charge in [-0.15, -0.1) is 13.2 Å². The number of carbonyl (C=O) groups is 1. The van der Waals surface area contributed by atoms with E-state index in [1.54, 1.807) is 0 Å². The van der Waals surface area contributed by atoms with E-state index in [1.165, 1.54) is 0 Å². The van der Waals surface area contributed by atoms with Crippen molar-refractivity contribution >= 4 is 21.8 Å². The molecule has 0 radical (unpaired) electrons. The zero-order chi connectivity index (χ0) is 16.5. The Morgan fingerprint density at radius 1 is 1.45 bits per heavy atom. The molecule has 2 heterocycles. The average Bonchev–Trinajstić information content (AvgIpc) is 3.05. The molecule has 120 valence electrons. The molecular formula is C9H8F3N5O4S. The van der Waals surface area contributed by atoms with Crippen LogP contribution >= 0.6 is 0 Å². The molecule has 0 atom stereocenters. The van der Waals surface area contributed by atoms with Crippen molar-refractivity contribution in [2.24, 2.45) is 0 Å². The third kappa shape index (κ3) is 3.19. The first kappa shape index (κ1) is 15.8. The van der Waals surface area contributed by atoms with E-state index >= 15 is 0 Å². The van der Waals surface area contributed by atoms with Crippen molar-refractivity contribution in [3.05, 3.63) is 24.2 Å². The van der Waals surface area contributed by atoms with Crippen molar-refractivity contribution in [3.8, 4) is 0 Å². The van der Waals surface area contributed by atoms with E-state index in [1.807, 2.05) is 4.72 Å². The van der Waals surface area contributed by atoms with E-state index in [9.17, 15) is 26.4 Å². The molecular weight excluding hydrogens is 331 g/mol. The van der Waals surface area contributed by atoms with E-state index in [2.05, 4.69) is 20.0 Å². The van der Waals surface area contributed by atoms with Crippen LogP contribution in [0, 0.1) is 0 Å². The SMILES string of the molecule is COC(=O)c1cc(NS(=O)(=O)c2cnn(C(F)(F)F)c2)n[nH]1. The lowest BCUT2D eigenvalue weighted by Gasteiger charge is -2.04. The van der Waals surface area contributed by atoms with Gasteiger partial charge >= 0.3 is 12.3 Å². The van der Waals surface area contributed by atoms with Crippen LogP contribution in [-0.2, 0) is 21.1 Å². The van der Waals surface area contributed by atoms with Gasteiger partial charge in [-0.1, -0.05) is 0 Å². The quantitative estimate of drug-likeness (QED) is 0.790. The predicted octanol–water partition coefficient (Wildman–Crippen LogP) is 0.670. The zero-order valence-corrected chi connectivity index (χ0v) is 11.6. The summed E-state index contributed by atoms with van der Waals surface area (Å²) in [6.07, 6.45) is -4.00. The zero-order valence-electron chi connectivity index (χ0n) is 10.7. The number of alkyl halides is 3. The van der Waals surface area contributed by atoms with Crippen LogP contribution in [0.5, 0.6) is 0 Å². The summed E-state index contributed by atoms with van der Waals surface area (Å²) in [5.74, 6) is -1.08. The highest BCUT2D eigenvalue weighted by atomic mass is 32.2. The molecule has 13 heteroatoms. The van der Waals surface area contributed by atoms with Crippen LogP contribution < -0.4 is 4.72 Å². The fourth-order valence-corrected chi connectivity index (χ4v) is 2.29. The Balaban J connectivity index is 2.23. The molecule has 2 N–H and O–H groups in total. The molecule has 0 saturated heterocycles. The lowest BCUT2D eigenvalue weighted by atomic mass is 10.4. The van der Waals surface area contributed by atoms with Gasteiger partial charge in [0.25, 0.3) is 10.0 Å². The van der Waals surface area contributed by atoms with Crippen molar-refractivity contribution in [1.82, 2.24) is 20.0 Å². The van der Waals surface area contributed by atoms with Gasteiger partial charge in [0.15, 0.2) is 5.82 Å². The topological polar surface area (TPSA) is 119 Å². The summed E-state index contributed by atoms with van der Waals surface area (Å²) in [6.45, 7) is 0. The average molecular weight is 339 g/mol. The van der Waals surface area contributed by atoms with Gasteiger partial charge in [-0.05, 0) is 0 Å². The number of rotatable bonds is 4. The number of carbonyl (C=O) groups excluding carboxylic acids is 1. The molecule has 0 aromatic carbocycles. The highest BCUT2D eigenvalue weighted by molar-refractivity contribution is 7.92. The molecule has 2 rings (SSSR count). The summed E-state index contributed by atoms with van der Waals surface area (Å²) >= 11 is 0. The number of esters is 1. The Morgan fingerprint density at radius 2 is 2.14 bits per heavy atom. The lowest BCUT2D eigenvalue weighted by Crippen LogP contribution is -2.17. The second kappa shape index (κ2) is 5.32. The van der Waals surface area contributed by atoms with Crippen molar-refractivity contribution in [1.29, 1.82) is 0 Å². The maximum Gasteiger partial charge on any atom is 0.504 e. The van der Waals surface area contributed by atoms with Gasteiger partial charge in [-0.2, -0.15) is 14.9 Å². The van der Waals surface area contributed by atoms with Crippen LogP contribution in [0.4, 0.5) is 19.0 Å². The summed E-state index contributed by atoms with van der Waals surface area (Å²) in [7, 11) is -3.23. The Bertz CT molecular complexity index is 794. The number of anilines is 1. The summed E-state index contributed by atoms with van der Waals surface area (Å²) in [4.78, 5) is 10.5. The van der Waals surface area contributed by atoms with E-state index in [4.69, 9.17) is 0 Å². The number of hydrogen-bond donors (Lipinski definition) is 2. The second-order valence-electron chi connectivity index (χ2n) is 3.85. The fraction of sp³-hybridized carbons (Fsp3) is 0.222. The minimum Gasteiger partial charge on any atom is -0.464 e. The molecule has 0 bridgehead atoms. The minimum atomic E-state index is -4.84. The number of nitrogens with one attached hydrogen (secondary N) is 2. The molecule has 0 aliphatic rings. The number of H-pyrrole nitrogens is 1. The molecule has 0 spiro atoms. The molecule has 0 fully saturated rings. The van der Waals surface area contributed by atoms with E-state index in [0.717, 1.165) is 13.2 Å². The first-order valence-corrected chi connectivity index (χ1v) is 6.90. The molecule has 0 unspecified atom stereocenters. The summed E-state index contributed by atoms with van der Waals surface area (Å²) in [6, 6.07) is 1.03. The largest absolute Gasteiger partial charge is 0.504 e. The summed E-state index contributed by atoms with van der Waals surface area (Å²) in [5, 5.41) is 8.61. The number of hydrogen-bond acceptors (Lipinski definition) is 6. The lowest BCUT2D eigenvalue weighted by molar-refractivity contribution is -0.212. The van der Waals surface area contributed by atoms with E-state index in [0.29, 0.717) is 12.4 Å². The van der Waals surface area contributed by atoms with Gasteiger partial charge in [0.05, 0.1) is 19.5 Å². The smallest absolute Gasteiger partial charge is 0.464 e. The minimum absolute atomic E-state index is 0.133.